The zero-order valence-corrected chi connectivity index (χ0v) is 17.3. The SMILES string of the molecule is CC(=O)Nc1ccc(CN2CCC[C@H](CCC(=O)N3CCN(C)CC3)C2)cc1. The number of hydrogen-bond donors (Lipinski definition) is 1. The highest BCUT2D eigenvalue weighted by atomic mass is 16.2. The number of benzene rings is 1. The van der Waals surface area contributed by atoms with Gasteiger partial charge in [-0.15, -0.1) is 0 Å². The number of amides is 2. The van der Waals surface area contributed by atoms with Crippen molar-refractivity contribution in [3.05, 3.63) is 29.8 Å². The zero-order valence-electron chi connectivity index (χ0n) is 17.3. The van der Waals surface area contributed by atoms with Crippen molar-refractivity contribution in [1.82, 2.24) is 14.7 Å². The van der Waals surface area contributed by atoms with Crippen LogP contribution >= 0.6 is 0 Å². The fourth-order valence-electron chi connectivity index (χ4n) is 4.23. The summed E-state index contributed by atoms with van der Waals surface area (Å²) in [5.74, 6) is 0.903. The van der Waals surface area contributed by atoms with E-state index >= 15 is 0 Å². The first-order valence-electron chi connectivity index (χ1n) is 10.5. The highest BCUT2D eigenvalue weighted by Gasteiger charge is 2.23. The predicted molar refractivity (Wildman–Crippen MR) is 112 cm³/mol. The second-order valence-corrected chi connectivity index (χ2v) is 8.34. The largest absolute Gasteiger partial charge is 0.340 e. The minimum atomic E-state index is -0.0438. The highest BCUT2D eigenvalue weighted by molar-refractivity contribution is 5.88. The van der Waals surface area contributed by atoms with Crippen LogP contribution in [0, 0.1) is 5.92 Å². The summed E-state index contributed by atoms with van der Waals surface area (Å²) in [6.45, 7) is 8.38. The molecule has 1 atom stereocenters. The Labute approximate surface area is 168 Å². The molecular formula is C22H34N4O2. The van der Waals surface area contributed by atoms with Crippen LogP contribution in [0.15, 0.2) is 24.3 Å². The van der Waals surface area contributed by atoms with Crippen LogP contribution in [0.3, 0.4) is 0 Å². The van der Waals surface area contributed by atoms with Gasteiger partial charge < -0.3 is 15.1 Å². The van der Waals surface area contributed by atoms with E-state index in [-0.39, 0.29) is 5.91 Å². The molecule has 0 aliphatic carbocycles. The minimum Gasteiger partial charge on any atom is -0.340 e. The van der Waals surface area contributed by atoms with Crippen LogP contribution in [-0.2, 0) is 16.1 Å². The molecule has 0 aromatic heterocycles. The molecule has 1 aromatic carbocycles. The van der Waals surface area contributed by atoms with Gasteiger partial charge in [0.1, 0.15) is 0 Å². The van der Waals surface area contributed by atoms with Gasteiger partial charge in [-0.2, -0.15) is 0 Å². The lowest BCUT2D eigenvalue weighted by Crippen LogP contribution is -2.47. The van der Waals surface area contributed by atoms with E-state index in [0.29, 0.717) is 18.2 Å². The Balaban J connectivity index is 1.42. The number of piperazine rings is 1. The van der Waals surface area contributed by atoms with Gasteiger partial charge in [-0.05, 0) is 56.5 Å². The Kier molecular flexibility index (Phi) is 7.45. The van der Waals surface area contributed by atoms with E-state index in [0.717, 1.165) is 57.9 Å². The number of hydrogen-bond acceptors (Lipinski definition) is 4. The third-order valence-electron chi connectivity index (χ3n) is 5.91. The lowest BCUT2D eigenvalue weighted by atomic mass is 9.92. The maximum Gasteiger partial charge on any atom is 0.222 e. The standard InChI is InChI=1S/C22H34N4O2/c1-18(27)23-21-8-5-20(6-9-21)17-25-11-3-4-19(16-25)7-10-22(28)26-14-12-24(2)13-15-26/h5-6,8-9,19H,3-4,7,10-17H2,1-2H3,(H,23,27)/t19-/m1/s1. The summed E-state index contributed by atoms with van der Waals surface area (Å²) < 4.78 is 0. The van der Waals surface area contributed by atoms with Crippen LogP contribution in [-0.4, -0.2) is 72.8 Å². The van der Waals surface area contributed by atoms with Gasteiger partial charge in [0.25, 0.3) is 0 Å². The van der Waals surface area contributed by atoms with Crippen molar-refractivity contribution >= 4 is 17.5 Å². The Morgan fingerprint density at radius 1 is 1.07 bits per heavy atom. The molecule has 0 saturated carbocycles. The van der Waals surface area contributed by atoms with Gasteiger partial charge in [0, 0.05) is 58.3 Å². The van der Waals surface area contributed by atoms with Crippen molar-refractivity contribution in [2.75, 3.05) is 51.6 Å². The molecule has 28 heavy (non-hydrogen) atoms. The number of nitrogens with one attached hydrogen (secondary N) is 1. The predicted octanol–water partition coefficient (Wildman–Crippen LogP) is 2.41. The third kappa shape index (κ3) is 6.31. The van der Waals surface area contributed by atoms with Crippen LogP contribution in [0.25, 0.3) is 0 Å². The number of rotatable bonds is 6. The first kappa shape index (κ1) is 20.8. The number of likely N-dealkylation sites (tertiary alicyclic amines) is 1. The lowest BCUT2D eigenvalue weighted by molar-refractivity contribution is -0.133. The molecule has 154 valence electrons. The van der Waals surface area contributed by atoms with E-state index in [1.807, 2.05) is 17.0 Å². The number of piperidine rings is 1. The molecule has 1 aromatic rings. The fraction of sp³-hybridized carbons (Fsp3) is 0.636. The third-order valence-corrected chi connectivity index (χ3v) is 5.91. The summed E-state index contributed by atoms with van der Waals surface area (Å²) in [4.78, 5) is 30.4. The molecule has 0 spiro atoms. The average Bonchev–Trinajstić information content (AvgIpc) is 2.68. The van der Waals surface area contributed by atoms with Gasteiger partial charge in [0.15, 0.2) is 0 Å². The number of likely N-dealkylation sites (N-methyl/N-ethyl adjacent to an activating group) is 1. The molecule has 2 aliphatic heterocycles. The molecule has 6 nitrogen and oxygen atoms in total. The first-order chi connectivity index (χ1) is 13.5. The van der Waals surface area contributed by atoms with Gasteiger partial charge in [-0.1, -0.05) is 12.1 Å². The van der Waals surface area contributed by atoms with E-state index in [1.165, 1.54) is 25.3 Å². The lowest BCUT2D eigenvalue weighted by Gasteiger charge is -2.34. The topological polar surface area (TPSA) is 55.9 Å². The molecule has 0 unspecified atom stereocenters. The van der Waals surface area contributed by atoms with Crippen LogP contribution in [0.4, 0.5) is 5.69 Å². The summed E-state index contributed by atoms with van der Waals surface area (Å²) in [6, 6.07) is 8.11. The number of carbonyl (C=O) groups is 2. The van der Waals surface area contributed by atoms with Crippen LogP contribution in [0.2, 0.25) is 0 Å². The van der Waals surface area contributed by atoms with Gasteiger partial charge >= 0.3 is 0 Å². The van der Waals surface area contributed by atoms with E-state index in [2.05, 4.69) is 34.3 Å². The average molecular weight is 387 g/mol. The first-order valence-corrected chi connectivity index (χ1v) is 10.5. The molecule has 2 heterocycles. The number of anilines is 1. The molecule has 2 fully saturated rings. The molecule has 2 saturated heterocycles. The van der Waals surface area contributed by atoms with Crippen LogP contribution in [0.5, 0.6) is 0 Å². The summed E-state index contributed by atoms with van der Waals surface area (Å²) in [5.41, 5.74) is 2.11. The van der Waals surface area contributed by atoms with Gasteiger partial charge in [0.2, 0.25) is 11.8 Å². The molecule has 0 bridgehead atoms. The molecule has 6 heteroatoms. The maximum absolute atomic E-state index is 12.5. The minimum absolute atomic E-state index is 0.0438. The highest BCUT2D eigenvalue weighted by Crippen LogP contribution is 2.23. The second-order valence-electron chi connectivity index (χ2n) is 8.34. The van der Waals surface area contributed by atoms with Gasteiger partial charge in [-0.3, -0.25) is 14.5 Å². The monoisotopic (exact) mass is 386 g/mol. The molecule has 2 aliphatic rings. The van der Waals surface area contributed by atoms with Crippen molar-refractivity contribution in [1.29, 1.82) is 0 Å². The number of carbonyl (C=O) groups excluding carboxylic acids is 2. The summed E-state index contributed by atoms with van der Waals surface area (Å²) in [5, 5.41) is 2.81. The smallest absolute Gasteiger partial charge is 0.222 e. The van der Waals surface area contributed by atoms with Crippen molar-refractivity contribution < 1.29 is 9.59 Å². The van der Waals surface area contributed by atoms with E-state index in [4.69, 9.17) is 0 Å². The summed E-state index contributed by atoms with van der Waals surface area (Å²) in [6.07, 6.45) is 4.13. The van der Waals surface area contributed by atoms with Crippen LogP contribution < -0.4 is 5.32 Å². The van der Waals surface area contributed by atoms with Crippen molar-refractivity contribution in [2.24, 2.45) is 5.92 Å². The fourth-order valence-corrected chi connectivity index (χ4v) is 4.23. The van der Waals surface area contributed by atoms with Gasteiger partial charge in [-0.25, -0.2) is 0 Å². The maximum atomic E-state index is 12.5. The van der Waals surface area contributed by atoms with Gasteiger partial charge in [0.05, 0.1) is 0 Å². The number of nitrogens with zero attached hydrogens (tertiary/aromatic N) is 3. The Morgan fingerprint density at radius 3 is 2.46 bits per heavy atom. The molecule has 2 amide bonds. The zero-order chi connectivity index (χ0) is 19.9. The summed E-state index contributed by atoms with van der Waals surface area (Å²) >= 11 is 0. The van der Waals surface area contributed by atoms with Crippen molar-refractivity contribution in [3.63, 3.8) is 0 Å². The Bertz CT molecular complexity index is 653. The Morgan fingerprint density at radius 2 is 1.79 bits per heavy atom. The van der Waals surface area contributed by atoms with E-state index in [9.17, 15) is 9.59 Å². The van der Waals surface area contributed by atoms with E-state index < -0.39 is 0 Å². The van der Waals surface area contributed by atoms with Crippen LogP contribution in [0.1, 0.15) is 38.2 Å². The second kappa shape index (κ2) is 10.0. The summed E-state index contributed by atoms with van der Waals surface area (Å²) in [7, 11) is 2.12. The van der Waals surface area contributed by atoms with Crippen molar-refractivity contribution in [3.8, 4) is 0 Å². The van der Waals surface area contributed by atoms with Crippen molar-refractivity contribution in [2.45, 2.75) is 39.2 Å². The molecular weight excluding hydrogens is 352 g/mol. The molecule has 3 rings (SSSR count). The van der Waals surface area contributed by atoms with E-state index in [1.54, 1.807) is 0 Å². The molecule has 1 N–H and O–H groups in total. The molecule has 0 radical (unpaired) electrons. The Hall–Kier alpha value is -1.92. The quantitative estimate of drug-likeness (QED) is 0.816. The normalized spacial score (nSPS) is 21.5.